The number of likely N-dealkylation sites (tertiary alicyclic amines) is 1. The van der Waals surface area contributed by atoms with Gasteiger partial charge in [0.05, 0.1) is 6.54 Å². The summed E-state index contributed by atoms with van der Waals surface area (Å²) in [5.74, 6) is 0.849. The summed E-state index contributed by atoms with van der Waals surface area (Å²) in [6.07, 6.45) is 3.47. The monoisotopic (exact) mass is 252 g/mol. The van der Waals surface area contributed by atoms with E-state index >= 15 is 0 Å². The predicted molar refractivity (Wildman–Crippen MR) is 66.9 cm³/mol. The lowest BCUT2D eigenvalue weighted by molar-refractivity contribution is 0.152. The topological polar surface area (TPSA) is 77.2 Å². The Labute approximate surface area is 107 Å². The third-order valence-corrected chi connectivity index (χ3v) is 3.17. The Morgan fingerprint density at radius 2 is 2.28 bits per heavy atom. The molecule has 1 saturated heterocycles. The van der Waals surface area contributed by atoms with Crippen molar-refractivity contribution in [2.75, 3.05) is 27.2 Å². The molecule has 0 bridgehead atoms. The van der Waals surface area contributed by atoms with Crippen molar-refractivity contribution in [1.29, 1.82) is 0 Å². The van der Waals surface area contributed by atoms with E-state index in [-0.39, 0.29) is 6.03 Å². The van der Waals surface area contributed by atoms with Crippen LogP contribution in [0.1, 0.15) is 18.7 Å². The number of carbonyl (C=O) groups is 1. The molecule has 0 radical (unpaired) electrons. The van der Waals surface area contributed by atoms with Crippen LogP contribution in [0.25, 0.3) is 0 Å². The maximum Gasteiger partial charge on any atom is 0.319 e. The second-order valence-corrected chi connectivity index (χ2v) is 4.75. The molecule has 1 aliphatic heterocycles. The summed E-state index contributed by atoms with van der Waals surface area (Å²) in [6.45, 7) is 2.32. The SMILES string of the molecule is CN(C)C(=O)N1CCC(NCc2ncn[nH]2)CC1. The molecule has 0 atom stereocenters. The first-order chi connectivity index (χ1) is 8.66. The van der Waals surface area contributed by atoms with Crippen LogP contribution in [-0.2, 0) is 6.54 Å². The van der Waals surface area contributed by atoms with Gasteiger partial charge >= 0.3 is 6.03 Å². The summed E-state index contributed by atoms with van der Waals surface area (Å²) in [4.78, 5) is 19.3. The molecule has 1 fully saturated rings. The zero-order valence-corrected chi connectivity index (χ0v) is 10.9. The van der Waals surface area contributed by atoms with Crippen molar-refractivity contribution in [3.63, 3.8) is 0 Å². The molecule has 2 N–H and O–H groups in total. The fourth-order valence-corrected chi connectivity index (χ4v) is 2.11. The molecule has 2 rings (SSSR count). The molecule has 0 unspecified atom stereocenters. The Kier molecular flexibility index (Phi) is 4.14. The summed E-state index contributed by atoms with van der Waals surface area (Å²) in [6, 6.07) is 0.546. The van der Waals surface area contributed by atoms with Crippen LogP contribution in [0.5, 0.6) is 0 Å². The van der Waals surface area contributed by atoms with Crippen LogP contribution in [0.2, 0.25) is 0 Å². The van der Waals surface area contributed by atoms with Crippen molar-refractivity contribution in [3.8, 4) is 0 Å². The summed E-state index contributed by atoms with van der Waals surface area (Å²) in [5.41, 5.74) is 0. The zero-order valence-electron chi connectivity index (χ0n) is 10.9. The standard InChI is InChI=1S/C11H20N6O/c1-16(2)11(18)17-5-3-9(4-6-17)12-7-10-13-8-14-15-10/h8-9,12H,3-7H2,1-2H3,(H,13,14,15). The number of urea groups is 1. The van der Waals surface area contributed by atoms with Gasteiger partial charge in [-0.25, -0.2) is 9.78 Å². The Balaban J connectivity index is 1.72. The molecule has 1 aromatic heterocycles. The van der Waals surface area contributed by atoms with Gasteiger partial charge < -0.3 is 15.1 Å². The molecule has 100 valence electrons. The number of aromatic nitrogens is 3. The normalized spacial score (nSPS) is 16.9. The maximum atomic E-state index is 11.8. The van der Waals surface area contributed by atoms with Crippen LogP contribution in [0, 0.1) is 0 Å². The van der Waals surface area contributed by atoms with E-state index in [2.05, 4.69) is 20.5 Å². The molecule has 7 heteroatoms. The fraction of sp³-hybridized carbons (Fsp3) is 0.727. The molecule has 0 saturated carbocycles. The Hall–Kier alpha value is -1.63. The number of carbonyl (C=O) groups excluding carboxylic acids is 1. The van der Waals surface area contributed by atoms with E-state index in [0.29, 0.717) is 12.6 Å². The van der Waals surface area contributed by atoms with Gasteiger partial charge in [0, 0.05) is 33.2 Å². The lowest BCUT2D eigenvalue weighted by atomic mass is 10.1. The van der Waals surface area contributed by atoms with Crippen LogP contribution in [-0.4, -0.2) is 64.2 Å². The van der Waals surface area contributed by atoms with Crippen LogP contribution < -0.4 is 5.32 Å². The highest BCUT2D eigenvalue weighted by Crippen LogP contribution is 2.11. The van der Waals surface area contributed by atoms with Gasteiger partial charge in [-0.2, -0.15) is 5.10 Å². The first-order valence-corrected chi connectivity index (χ1v) is 6.20. The number of H-pyrrole nitrogens is 1. The minimum atomic E-state index is 0.101. The number of hydrogen-bond donors (Lipinski definition) is 2. The van der Waals surface area contributed by atoms with Gasteiger partial charge in [0.25, 0.3) is 0 Å². The number of hydrogen-bond acceptors (Lipinski definition) is 4. The third-order valence-electron chi connectivity index (χ3n) is 3.17. The van der Waals surface area contributed by atoms with E-state index in [4.69, 9.17) is 0 Å². The Morgan fingerprint density at radius 1 is 1.56 bits per heavy atom. The molecule has 7 nitrogen and oxygen atoms in total. The van der Waals surface area contributed by atoms with Crippen molar-refractivity contribution in [1.82, 2.24) is 30.3 Å². The molecule has 1 aliphatic rings. The van der Waals surface area contributed by atoms with Gasteiger partial charge in [-0.05, 0) is 12.8 Å². The number of nitrogens with one attached hydrogen (secondary N) is 2. The number of piperidine rings is 1. The maximum absolute atomic E-state index is 11.8. The third kappa shape index (κ3) is 3.19. The molecule has 0 aliphatic carbocycles. The van der Waals surface area contributed by atoms with E-state index in [1.54, 1.807) is 19.0 Å². The van der Waals surface area contributed by atoms with E-state index < -0.39 is 0 Å². The predicted octanol–water partition coefficient (Wildman–Crippen LogP) is 0.0403. The molecule has 0 aromatic carbocycles. The molecule has 18 heavy (non-hydrogen) atoms. The highest BCUT2D eigenvalue weighted by Gasteiger charge is 2.23. The first kappa shape index (κ1) is 12.8. The quantitative estimate of drug-likeness (QED) is 0.796. The van der Waals surface area contributed by atoms with Crippen LogP contribution in [0.3, 0.4) is 0 Å². The van der Waals surface area contributed by atoms with Crippen molar-refractivity contribution in [3.05, 3.63) is 12.2 Å². The Bertz CT molecular complexity index is 369. The van der Waals surface area contributed by atoms with Crippen molar-refractivity contribution < 1.29 is 4.79 Å². The van der Waals surface area contributed by atoms with E-state index in [1.807, 2.05) is 4.90 Å². The summed E-state index contributed by atoms with van der Waals surface area (Å²) >= 11 is 0. The van der Waals surface area contributed by atoms with Gasteiger partial charge in [-0.15, -0.1) is 0 Å². The largest absolute Gasteiger partial charge is 0.331 e. The van der Waals surface area contributed by atoms with Gasteiger partial charge in [0.2, 0.25) is 0 Å². The first-order valence-electron chi connectivity index (χ1n) is 6.20. The van der Waals surface area contributed by atoms with Gasteiger partial charge in [0.1, 0.15) is 12.2 Å². The number of nitrogens with zero attached hydrogens (tertiary/aromatic N) is 4. The lowest BCUT2D eigenvalue weighted by Crippen LogP contribution is -2.47. The second-order valence-electron chi connectivity index (χ2n) is 4.75. The molecule has 2 amide bonds. The minimum Gasteiger partial charge on any atom is -0.331 e. The summed E-state index contributed by atoms with van der Waals surface area (Å²) in [7, 11) is 3.58. The molecular formula is C11H20N6O. The number of amides is 2. The zero-order chi connectivity index (χ0) is 13.0. The van der Waals surface area contributed by atoms with Crippen molar-refractivity contribution in [2.45, 2.75) is 25.4 Å². The summed E-state index contributed by atoms with van der Waals surface area (Å²) < 4.78 is 0. The van der Waals surface area contributed by atoms with E-state index in [0.717, 1.165) is 31.8 Å². The van der Waals surface area contributed by atoms with E-state index in [9.17, 15) is 4.79 Å². The molecular weight excluding hydrogens is 232 g/mol. The molecule has 1 aromatic rings. The minimum absolute atomic E-state index is 0.101. The highest BCUT2D eigenvalue weighted by atomic mass is 16.2. The highest BCUT2D eigenvalue weighted by molar-refractivity contribution is 5.73. The Morgan fingerprint density at radius 3 is 2.83 bits per heavy atom. The van der Waals surface area contributed by atoms with Crippen LogP contribution in [0.15, 0.2) is 6.33 Å². The fourth-order valence-electron chi connectivity index (χ4n) is 2.11. The second kappa shape index (κ2) is 5.81. The molecule has 2 heterocycles. The average Bonchev–Trinajstić information content (AvgIpc) is 2.89. The van der Waals surface area contributed by atoms with Gasteiger partial charge in [-0.3, -0.25) is 5.10 Å². The van der Waals surface area contributed by atoms with Crippen LogP contribution >= 0.6 is 0 Å². The lowest BCUT2D eigenvalue weighted by Gasteiger charge is -2.33. The number of rotatable bonds is 3. The van der Waals surface area contributed by atoms with Crippen LogP contribution in [0.4, 0.5) is 4.79 Å². The van der Waals surface area contributed by atoms with Gasteiger partial charge in [-0.1, -0.05) is 0 Å². The smallest absolute Gasteiger partial charge is 0.319 e. The molecule has 0 spiro atoms. The van der Waals surface area contributed by atoms with Gasteiger partial charge in [0.15, 0.2) is 0 Å². The number of aromatic amines is 1. The summed E-state index contributed by atoms with van der Waals surface area (Å²) in [5, 5.41) is 10.1. The average molecular weight is 252 g/mol. The van der Waals surface area contributed by atoms with Crippen molar-refractivity contribution >= 4 is 6.03 Å². The van der Waals surface area contributed by atoms with Crippen molar-refractivity contribution in [2.24, 2.45) is 0 Å². The van der Waals surface area contributed by atoms with E-state index in [1.165, 1.54) is 6.33 Å².